The minimum atomic E-state index is -0.0206. The Morgan fingerprint density at radius 2 is 1.56 bits per heavy atom. The zero-order valence-electron chi connectivity index (χ0n) is 22.2. The van der Waals surface area contributed by atoms with Gasteiger partial charge < -0.3 is 15.5 Å². The quantitative estimate of drug-likeness (QED) is 0.230. The number of carbonyl (C=O) groups excluding carboxylic acids is 1. The summed E-state index contributed by atoms with van der Waals surface area (Å²) in [5.74, 6) is 1.15. The van der Waals surface area contributed by atoms with Gasteiger partial charge in [-0.2, -0.15) is 0 Å². The van der Waals surface area contributed by atoms with Gasteiger partial charge in [0.2, 0.25) is 0 Å². The lowest BCUT2D eigenvalue weighted by molar-refractivity contribution is 0.104. The number of nitrogens with one attached hydrogen (secondary N) is 1. The first-order valence-electron chi connectivity index (χ1n) is 14.2. The largest absolute Gasteiger partial charge is 0.508 e. The van der Waals surface area contributed by atoms with E-state index in [4.69, 9.17) is 0 Å². The van der Waals surface area contributed by atoms with E-state index in [1.54, 1.807) is 24.3 Å². The number of nitrogens with zero attached hydrogens (tertiary/aromatic N) is 1. The average molecular weight is 541 g/mol. The fourth-order valence-corrected chi connectivity index (χ4v) is 7.55. The molecule has 0 spiro atoms. The van der Waals surface area contributed by atoms with E-state index in [2.05, 4.69) is 22.3 Å². The van der Waals surface area contributed by atoms with Crippen molar-refractivity contribution in [2.24, 2.45) is 5.92 Å². The molecule has 1 aliphatic carbocycles. The minimum Gasteiger partial charge on any atom is -0.508 e. The average Bonchev–Trinajstić information content (AvgIpc) is 3.35. The molecule has 1 saturated carbocycles. The number of thiophene rings is 1. The van der Waals surface area contributed by atoms with Crippen molar-refractivity contribution in [2.45, 2.75) is 44.6 Å². The van der Waals surface area contributed by atoms with Gasteiger partial charge in [-0.05, 0) is 98.0 Å². The Labute approximate surface area is 234 Å². The molecule has 0 atom stereocenters. The lowest BCUT2D eigenvalue weighted by atomic mass is 9.82. The molecule has 0 unspecified atom stereocenters. The van der Waals surface area contributed by atoms with E-state index in [0.717, 1.165) is 52.0 Å². The maximum atomic E-state index is 13.8. The minimum absolute atomic E-state index is 0.0206. The van der Waals surface area contributed by atoms with Gasteiger partial charge in [-0.1, -0.05) is 24.3 Å². The van der Waals surface area contributed by atoms with Crippen LogP contribution in [0.1, 0.15) is 53.6 Å². The smallest absolute Gasteiger partial charge is 0.195 e. The van der Waals surface area contributed by atoms with E-state index in [1.165, 1.54) is 62.1 Å². The molecule has 1 saturated heterocycles. The Kier molecular flexibility index (Phi) is 7.69. The van der Waals surface area contributed by atoms with Gasteiger partial charge >= 0.3 is 0 Å². The van der Waals surface area contributed by atoms with Crippen molar-refractivity contribution in [3.05, 3.63) is 83.4 Å². The highest BCUT2D eigenvalue weighted by Crippen LogP contribution is 2.41. The summed E-state index contributed by atoms with van der Waals surface area (Å²) in [7, 11) is 0. The van der Waals surface area contributed by atoms with E-state index in [1.807, 2.05) is 30.3 Å². The molecule has 39 heavy (non-hydrogen) atoms. The lowest BCUT2D eigenvalue weighted by Crippen LogP contribution is -2.49. The van der Waals surface area contributed by atoms with Crippen molar-refractivity contribution in [2.75, 3.05) is 26.2 Å². The van der Waals surface area contributed by atoms with Crippen LogP contribution in [0, 0.1) is 5.92 Å². The van der Waals surface area contributed by atoms with Crippen molar-refractivity contribution in [1.82, 2.24) is 10.2 Å². The number of benzene rings is 3. The Bertz CT molecular complexity index is 1430. The van der Waals surface area contributed by atoms with E-state index in [0.29, 0.717) is 11.1 Å². The maximum absolute atomic E-state index is 13.8. The molecule has 0 amide bonds. The Balaban J connectivity index is 1.14. The van der Waals surface area contributed by atoms with E-state index in [9.17, 15) is 15.0 Å². The summed E-state index contributed by atoms with van der Waals surface area (Å²) in [6.07, 6.45) is 7.57. The number of phenols is 2. The van der Waals surface area contributed by atoms with Crippen LogP contribution in [0.2, 0.25) is 0 Å². The topological polar surface area (TPSA) is 72.8 Å². The Hall–Kier alpha value is -3.19. The monoisotopic (exact) mass is 540 g/mol. The number of hydrogen-bond acceptors (Lipinski definition) is 6. The normalized spacial score (nSPS) is 20.3. The van der Waals surface area contributed by atoms with Crippen LogP contribution in [0.3, 0.4) is 0 Å². The number of piperazine rings is 1. The number of carbonyl (C=O) groups is 1. The zero-order valence-corrected chi connectivity index (χ0v) is 23.1. The number of phenolic OH excluding ortho intramolecular Hbond substituents is 2. The molecule has 202 valence electrons. The third kappa shape index (κ3) is 5.74. The maximum Gasteiger partial charge on any atom is 0.195 e. The van der Waals surface area contributed by atoms with Crippen LogP contribution in [0.15, 0.2) is 66.7 Å². The van der Waals surface area contributed by atoms with Gasteiger partial charge in [-0.25, -0.2) is 0 Å². The molecular weight excluding hydrogens is 504 g/mol. The van der Waals surface area contributed by atoms with E-state index in [-0.39, 0.29) is 17.3 Å². The number of hydrogen-bond donors (Lipinski definition) is 3. The van der Waals surface area contributed by atoms with Crippen molar-refractivity contribution >= 4 is 27.2 Å². The second-order valence-corrected chi connectivity index (χ2v) is 12.1. The van der Waals surface area contributed by atoms with Crippen LogP contribution in [0.5, 0.6) is 11.5 Å². The fourth-order valence-electron chi connectivity index (χ4n) is 6.31. The van der Waals surface area contributed by atoms with Crippen LogP contribution in [0.4, 0.5) is 0 Å². The number of ketones is 1. The van der Waals surface area contributed by atoms with Gasteiger partial charge in [-0.3, -0.25) is 9.69 Å². The summed E-state index contributed by atoms with van der Waals surface area (Å²) in [5, 5.41) is 24.1. The van der Waals surface area contributed by atoms with Crippen molar-refractivity contribution in [1.29, 1.82) is 0 Å². The molecule has 6 rings (SSSR count). The highest BCUT2D eigenvalue weighted by Gasteiger charge is 2.26. The summed E-state index contributed by atoms with van der Waals surface area (Å²) in [4.78, 5) is 17.4. The third-order valence-electron chi connectivity index (χ3n) is 8.57. The summed E-state index contributed by atoms with van der Waals surface area (Å²) >= 11 is 1.49. The van der Waals surface area contributed by atoms with Crippen LogP contribution in [0.25, 0.3) is 20.5 Å². The highest BCUT2D eigenvalue weighted by molar-refractivity contribution is 7.22. The molecule has 1 aromatic heterocycles. The second-order valence-electron chi connectivity index (χ2n) is 11.1. The third-order valence-corrected chi connectivity index (χ3v) is 9.77. The second kappa shape index (κ2) is 11.5. The predicted octanol–water partition coefficient (Wildman–Crippen LogP) is 6.61. The van der Waals surface area contributed by atoms with Gasteiger partial charge in [0.05, 0.1) is 0 Å². The van der Waals surface area contributed by atoms with Crippen LogP contribution >= 0.6 is 11.3 Å². The first-order chi connectivity index (χ1) is 19.0. The molecule has 6 heteroatoms. The molecular formula is C33H36N2O3S. The predicted molar refractivity (Wildman–Crippen MR) is 159 cm³/mol. The summed E-state index contributed by atoms with van der Waals surface area (Å²) in [6.45, 7) is 4.65. The van der Waals surface area contributed by atoms with Gasteiger partial charge in [-0.15, -0.1) is 11.3 Å². The Morgan fingerprint density at radius 3 is 2.28 bits per heavy atom. The number of rotatable bonds is 7. The molecule has 3 N–H and O–H groups in total. The molecule has 0 bridgehead atoms. The fraction of sp³-hybridized carbons (Fsp3) is 0.364. The van der Waals surface area contributed by atoms with Crippen LogP contribution < -0.4 is 5.32 Å². The first-order valence-corrected chi connectivity index (χ1v) is 15.0. The van der Waals surface area contributed by atoms with E-state index >= 15 is 0 Å². The van der Waals surface area contributed by atoms with E-state index < -0.39 is 0 Å². The summed E-state index contributed by atoms with van der Waals surface area (Å²) < 4.78 is 0.865. The molecule has 0 radical (unpaired) electrons. The standard InChI is InChI=1S/C33H36N2O3S/c36-27-13-9-25(10-14-27)33-31(29-16-15-28(37)21-30(29)39-33)32(38)24-7-3-22(4-8-24)1-2-23-5-11-26(12-6-23)35-19-17-34-18-20-35/h3-4,7-10,13-16,21,23,26,34,36-37H,1-2,5-6,11-12,17-20H2. The molecule has 3 aromatic carbocycles. The number of aryl methyl sites for hydroxylation is 1. The molecule has 5 nitrogen and oxygen atoms in total. The van der Waals surface area contributed by atoms with Crippen molar-refractivity contribution in [3.8, 4) is 21.9 Å². The summed E-state index contributed by atoms with van der Waals surface area (Å²) in [6, 6.07) is 21.0. The molecule has 2 fully saturated rings. The van der Waals surface area contributed by atoms with Gasteiger partial charge in [0.15, 0.2) is 5.78 Å². The van der Waals surface area contributed by atoms with Crippen molar-refractivity contribution < 1.29 is 15.0 Å². The zero-order chi connectivity index (χ0) is 26.8. The summed E-state index contributed by atoms with van der Waals surface area (Å²) in [5.41, 5.74) is 3.48. The van der Waals surface area contributed by atoms with Gasteiger partial charge in [0, 0.05) is 58.3 Å². The van der Waals surface area contributed by atoms with Crippen LogP contribution in [-0.4, -0.2) is 53.1 Å². The number of aromatic hydroxyl groups is 2. The van der Waals surface area contributed by atoms with Crippen LogP contribution in [-0.2, 0) is 6.42 Å². The van der Waals surface area contributed by atoms with Gasteiger partial charge in [0.25, 0.3) is 0 Å². The molecule has 1 aliphatic heterocycles. The Morgan fingerprint density at radius 1 is 0.872 bits per heavy atom. The van der Waals surface area contributed by atoms with Crippen molar-refractivity contribution in [3.63, 3.8) is 0 Å². The van der Waals surface area contributed by atoms with Gasteiger partial charge in [0.1, 0.15) is 11.5 Å². The SMILES string of the molecule is O=C(c1ccc(CCC2CCC(N3CCNCC3)CC2)cc1)c1c(-c2ccc(O)cc2)sc2cc(O)ccc12. The first kappa shape index (κ1) is 26.1. The number of fused-ring (bicyclic) bond motifs is 1. The lowest BCUT2D eigenvalue weighted by Gasteiger charge is -2.39. The molecule has 2 aliphatic rings. The highest BCUT2D eigenvalue weighted by atomic mass is 32.1. The molecule has 4 aromatic rings. The molecule has 2 heterocycles.